The van der Waals surface area contributed by atoms with Crippen molar-refractivity contribution in [3.8, 4) is 0 Å². The molecule has 1 aliphatic carbocycles. The van der Waals surface area contributed by atoms with Crippen LogP contribution in [-0.2, 0) is 4.79 Å². The first kappa shape index (κ1) is 11.1. The van der Waals surface area contributed by atoms with E-state index in [9.17, 15) is 4.79 Å². The standard InChI is InChI=1S/C10H8Cl3NO/c11-7-1-4(2-8(12)9(7)13)5-3-6(5)10(14)15/h1-2,5-6H,3H2,(H2,14,15). The average Bonchev–Trinajstić information content (AvgIpc) is 2.92. The first-order valence-electron chi connectivity index (χ1n) is 4.44. The van der Waals surface area contributed by atoms with Crippen LogP contribution in [0.1, 0.15) is 17.9 Å². The molecule has 2 nitrogen and oxygen atoms in total. The number of carbonyl (C=O) groups excluding carboxylic acids is 1. The second kappa shape index (κ2) is 3.85. The first-order valence-corrected chi connectivity index (χ1v) is 5.58. The zero-order valence-electron chi connectivity index (χ0n) is 7.64. The molecule has 15 heavy (non-hydrogen) atoms. The monoisotopic (exact) mass is 263 g/mol. The Bertz CT molecular complexity index is 410. The smallest absolute Gasteiger partial charge is 0.221 e. The first-order chi connectivity index (χ1) is 7.00. The number of benzene rings is 1. The average molecular weight is 265 g/mol. The Balaban J connectivity index is 2.28. The molecule has 0 aromatic heterocycles. The van der Waals surface area contributed by atoms with E-state index in [0.29, 0.717) is 15.1 Å². The van der Waals surface area contributed by atoms with Crippen LogP contribution in [0.2, 0.25) is 15.1 Å². The van der Waals surface area contributed by atoms with E-state index >= 15 is 0 Å². The molecule has 0 heterocycles. The van der Waals surface area contributed by atoms with Crippen molar-refractivity contribution >= 4 is 40.7 Å². The summed E-state index contributed by atoms with van der Waals surface area (Å²) in [6.45, 7) is 0. The minimum Gasteiger partial charge on any atom is -0.369 e. The lowest BCUT2D eigenvalue weighted by atomic mass is 10.1. The van der Waals surface area contributed by atoms with Gasteiger partial charge in [-0.15, -0.1) is 0 Å². The molecule has 0 radical (unpaired) electrons. The molecule has 1 fully saturated rings. The molecular weight excluding hydrogens is 256 g/mol. The van der Waals surface area contributed by atoms with Crippen LogP contribution in [0.4, 0.5) is 0 Å². The molecule has 5 heteroatoms. The van der Waals surface area contributed by atoms with E-state index in [1.807, 2.05) is 0 Å². The van der Waals surface area contributed by atoms with E-state index in [1.54, 1.807) is 12.1 Å². The molecule has 1 saturated carbocycles. The van der Waals surface area contributed by atoms with Crippen LogP contribution >= 0.6 is 34.8 Å². The summed E-state index contributed by atoms with van der Waals surface area (Å²) < 4.78 is 0. The molecule has 0 spiro atoms. The molecule has 2 rings (SSSR count). The van der Waals surface area contributed by atoms with E-state index in [1.165, 1.54) is 0 Å². The summed E-state index contributed by atoms with van der Waals surface area (Å²) in [6, 6.07) is 3.48. The Kier molecular flexibility index (Phi) is 2.84. The third-order valence-electron chi connectivity index (χ3n) is 2.59. The van der Waals surface area contributed by atoms with Crippen LogP contribution in [0.25, 0.3) is 0 Å². The molecule has 0 aliphatic heterocycles. The molecule has 2 N–H and O–H groups in total. The van der Waals surface area contributed by atoms with Crippen molar-refractivity contribution in [2.24, 2.45) is 11.7 Å². The summed E-state index contributed by atoms with van der Waals surface area (Å²) in [7, 11) is 0. The minimum atomic E-state index is -0.276. The third-order valence-corrected chi connectivity index (χ3v) is 3.79. The maximum atomic E-state index is 10.9. The molecular formula is C10H8Cl3NO. The Labute approximate surface area is 102 Å². The molecule has 0 bridgehead atoms. The predicted molar refractivity (Wildman–Crippen MR) is 61.5 cm³/mol. The van der Waals surface area contributed by atoms with Gasteiger partial charge in [0.15, 0.2) is 0 Å². The quantitative estimate of drug-likeness (QED) is 0.819. The van der Waals surface area contributed by atoms with Gasteiger partial charge >= 0.3 is 0 Å². The van der Waals surface area contributed by atoms with Gasteiger partial charge in [-0.1, -0.05) is 34.8 Å². The van der Waals surface area contributed by atoms with Crippen molar-refractivity contribution in [3.05, 3.63) is 32.8 Å². The fourth-order valence-corrected chi connectivity index (χ4v) is 2.28. The maximum Gasteiger partial charge on any atom is 0.221 e. The molecule has 80 valence electrons. The molecule has 0 saturated heterocycles. The summed E-state index contributed by atoms with van der Waals surface area (Å²) in [5, 5.41) is 1.17. The van der Waals surface area contributed by atoms with Crippen LogP contribution in [0.5, 0.6) is 0 Å². The predicted octanol–water partition coefficient (Wildman–Crippen LogP) is 3.24. The van der Waals surface area contributed by atoms with Crippen LogP contribution in [0, 0.1) is 5.92 Å². The maximum absolute atomic E-state index is 10.9. The van der Waals surface area contributed by atoms with Crippen LogP contribution < -0.4 is 5.73 Å². The Morgan fingerprint density at radius 3 is 2.20 bits per heavy atom. The van der Waals surface area contributed by atoms with Gasteiger partial charge in [-0.05, 0) is 30.0 Å². The van der Waals surface area contributed by atoms with Gasteiger partial charge in [-0.25, -0.2) is 0 Å². The normalized spacial score (nSPS) is 23.9. The van der Waals surface area contributed by atoms with E-state index < -0.39 is 0 Å². The van der Waals surface area contributed by atoms with Gasteiger partial charge in [-0.3, -0.25) is 4.79 Å². The molecule has 1 aromatic carbocycles. The topological polar surface area (TPSA) is 43.1 Å². The van der Waals surface area contributed by atoms with Gasteiger partial charge in [0.25, 0.3) is 0 Å². The number of nitrogens with two attached hydrogens (primary N) is 1. The zero-order valence-corrected chi connectivity index (χ0v) is 9.90. The van der Waals surface area contributed by atoms with Gasteiger partial charge in [0.05, 0.1) is 15.1 Å². The van der Waals surface area contributed by atoms with Gasteiger partial charge in [-0.2, -0.15) is 0 Å². The lowest BCUT2D eigenvalue weighted by Gasteiger charge is -2.04. The molecule has 1 amide bonds. The number of hydrogen-bond acceptors (Lipinski definition) is 1. The lowest BCUT2D eigenvalue weighted by molar-refractivity contribution is -0.119. The van der Waals surface area contributed by atoms with Crippen LogP contribution in [0.3, 0.4) is 0 Å². The van der Waals surface area contributed by atoms with Crippen molar-refractivity contribution in [3.63, 3.8) is 0 Å². The van der Waals surface area contributed by atoms with Gasteiger partial charge in [0.2, 0.25) is 5.91 Å². The Morgan fingerprint density at radius 2 is 1.80 bits per heavy atom. The highest BCUT2D eigenvalue weighted by Crippen LogP contribution is 2.49. The van der Waals surface area contributed by atoms with Crippen LogP contribution in [0.15, 0.2) is 12.1 Å². The third kappa shape index (κ3) is 2.07. The Morgan fingerprint density at radius 1 is 1.27 bits per heavy atom. The number of halogens is 3. The number of rotatable bonds is 2. The highest BCUT2D eigenvalue weighted by Gasteiger charge is 2.43. The zero-order chi connectivity index (χ0) is 11.2. The number of hydrogen-bond donors (Lipinski definition) is 1. The van der Waals surface area contributed by atoms with Crippen LogP contribution in [-0.4, -0.2) is 5.91 Å². The molecule has 2 atom stereocenters. The second-order valence-corrected chi connectivity index (χ2v) is 4.84. The van der Waals surface area contributed by atoms with Gasteiger partial charge in [0, 0.05) is 5.92 Å². The fourth-order valence-electron chi connectivity index (χ4n) is 1.67. The summed E-state index contributed by atoms with van der Waals surface area (Å²) in [4.78, 5) is 10.9. The summed E-state index contributed by atoms with van der Waals surface area (Å²) in [5.41, 5.74) is 6.13. The molecule has 1 aliphatic rings. The highest BCUT2D eigenvalue weighted by atomic mass is 35.5. The van der Waals surface area contributed by atoms with Crippen molar-refractivity contribution in [1.82, 2.24) is 0 Å². The summed E-state index contributed by atoms with van der Waals surface area (Å²) >= 11 is 17.6. The largest absolute Gasteiger partial charge is 0.369 e. The van der Waals surface area contributed by atoms with Crippen molar-refractivity contribution in [1.29, 1.82) is 0 Å². The van der Waals surface area contributed by atoms with Gasteiger partial charge in [0.1, 0.15) is 0 Å². The van der Waals surface area contributed by atoms with Gasteiger partial charge < -0.3 is 5.73 Å². The second-order valence-electron chi connectivity index (χ2n) is 3.65. The number of amides is 1. The number of carbonyl (C=O) groups is 1. The Hall–Kier alpha value is -0.440. The van der Waals surface area contributed by atoms with Crippen molar-refractivity contribution in [2.75, 3.05) is 0 Å². The van der Waals surface area contributed by atoms with E-state index in [0.717, 1.165) is 12.0 Å². The molecule has 1 aromatic rings. The fraction of sp³-hybridized carbons (Fsp3) is 0.300. The van der Waals surface area contributed by atoms with E-state index in [2.05, 4.69) is 0 Å². The minimum absolute atomic E-state index is 0.0849. The summed E-state index contributed by atoms with van der Waals surface area (Å²) in [6.07, 6.45) is 0.767. The van der Waals surface area contributed by atoms with E-state index in [4.69, 9.17) is 40.5 Å². The lowest BCUT2D eigenvalue weighted by Crippen LogP contribution is -2.13. The van der Waals surface area contributed by atoms with Crippen molar-refractivity contribution in [2.45, 2.75) is 12.3 Å². The molecule has 2 unspecified atom stereocenters. The SMILES string of the molecule is NC(=O)C1CC1c1cc(Cl)c(Cl)c(Cl)c1. The van der Waals surface area contributed by atoms with E-state index in [-0.39, 0.29) is 17.7 Å². The highest BCUT2D eigenvalue weighted by molar-refractivity contribution is 6.48. The summed E-state index contributed by atoms with van der Waals surface area (Å²) in [5.74, 6) is -0.213. The number of primary amides is 1. The van der Waals surface area contributed by atoms with Crippen molar-refractivity contribution < 1.29 is 4.79 Å².